The van der Waals surface area contributed by atoms with Crippen LogP contribution in [0.3, 0.4) is 0 Å². The summed E-state index contributed by atoms with van der Waals surface area (Å²) in [4.78, 5) is 12.4. The smallest absolute Gasteiger partial charge is 0.195 e. The zero-order chi connectivity index (χ0) is 14.7. The quantitative estimate of drug-likeness (QED) is 0.723. The van der Waals surface area contributed by atoms with Gasteiger partial charge in [-0.05, 0) is 48.2 Å². The van der Waals surface area contributed by atoms with Crippen LogP contribution in [0.4, 0.5) is 4.39 Å². The van der Waals surface area contributed by atoms with Crippen molar-refractivity contribution in [2.75, 3.05) is 0 Å². The first-order valence-corrected chi connectivity index (χ1v) is 7.47. The topological polar surface area (TPSA) is 17.1 Å². The third-order valence-corrected chi connectivity index (χ3v) is 3.90. The second kappa shape index (κ2) is 6.31. The summed E-state index contributed by atoms with van der Waals surface area (Å²) in [6.45, 7) is 4.15. The minimum Gasteiger partial charge on any atom is -0.288 e. The van der Waals surface area contributed by atoms with Crippen molar-refractivity contribution in [3.05, 3.63) is 68.9 Å². The molecule has 0 aliphatic carbocycles. The van der Waals surface area contributed by atoms with E-state index in [0.29, 0.717) is 10.0 Å². The number of carbonyl (C=O) groups excluding carboxylic acids is 1. The van der Waals surface area contributed by atoms with Gasteiger partial charge >= 0.3 is 0 Å². The minimum atomic E-state index is -0.498. The maximum absolute atomic E-state index is 13.9. The lowest BCUT2D eigenvalue weighted by molar-refractivity contribution is 0.103. The van der Waals surface area contributed by atoms with Gasteiger partial charge in [0.1, 0.15) is 5.82 Å². The van der Waals surface area contributed by atoms with Crippen LogP contribution in [0.5, 0.6) is 0 Å². The lowest BCUT2D eigenvalue weighted by atomic mass is 9.96. The van der Waals surface area contributed by atoms with E-state index in [-0.39, 0.29) is 11.3 Å². The van der Waals surface area contributed by atoms with Crippen molar-refractivity contribution < 1.29 is 9.18 Å². The Kier molecular flexibility index (Phi) is 4.71. The standard InChI is InChI=1S/C17H16BrFO/c1-3-11-5-6-13(9-12(11)4-2)17(20)15-8-7-14(18)10-16(15)19/h5-10H,3-4H2,1-2H3. The van der Waals surface area contributed by atoms with E-state index in [1.807, 2.05) is 12.1 Å². The fourth-order valence-corrected chi connectivity index (χ4v) is 2.60. The van der Waals surface area contributed by atoms with E-state index in [9.17, 15) is 9.18 Å². The second-order valence-corrected chi connectivity index (χ2v) is 5.56. The molecule has 20 heavy (non-hydrogen) atoms. The van der Waals surface area contributed by atoms with Gasteiger partial charge in [0, 0.05) is 10.0 Å². The molecule has 0 N–H and O–H groups in total. The Bertz CT molecular complexity index is 649. The van der Waals surface area contributed by atoms with Gasteiger partial charge in [0.15, 0.2) is 5.78 Å². The molecule has 0 radical (unpaired) electrons. The van der Waals surface area contributed by atoms with Gasteiger partial charge < -0.3 is 0 Å². The number of hydrogen-bond donors (Lipinski definition) is 0. The summed E-state index contributed by atoms with van der Waals surface area (Å²) < 4.78 is 14.5. The van der Waals surface area contributed by atoms with Gasteiger partial charge in [0.25, 0.3) is 0 Å². The summed E-state index contributed by atoms with van der Waals surface area (Å²) in [7, 11) is 0. The Balaban J connectivity index is 2.43. The third-order valence-electron chi connectivity index (χ3n) is 3.41. The van der Waals surface area contributed by atoms with Crippen molar-refractivity contribution >= 4 is 21.7 Å². The average Bonchev–Trinajstić information content (AvgIpc) is 2.45. The van der Waals surface area contributed by atoms with Gasteiger partial charge in [0.2, 0.25) is 0 Å². The molecule has 0 amide bonds. The molecule has 0 atom stereocenters. The maximum atomic E-state index is 13.9. The number of aryl methyl sites for hydroxylation is 2. The predicted octanol–water partition coefficient (Wildman–Crippen LogP) is 4.94. The Morgan fingerprint density at radius 3 is 2.35 bits per heavy atom. The molecule has 2 aromatic rings. The molecule has 2 aromatic carbocycles. The number of carbonyl (C=O) groups is 1. The molecule has 104 valence electrons. The molecule has 0 saturated carbocycles. The first-order valence-electron chi connectivity index (χ1n) is 6.68. The summed E-state index contributed by atoms with van der Waals surface area (Å²) in [6, 6.07) is 10.1. The summed E-state index contributed by atoms with van der Waals surface area (Å²) in [5, 5.41) is 0. The summed E-state index contributed by atoms with van der Waals surface area (Å²) >= 11 is 3.19. The van der Waals surface area contributed by atoms with Crippen LogP contribution >= 0.6 is 15.9 Å². The number of ketones is 1. The molecule has 0 heterocycles. The molecular formula is C17H16BrFO. The minimum absolute atomic E-state index is 0.111. The van der Waals surface area contributed by atoms with Crippen molar-refractivity contribution in [1.29, 1.82) is 0 Å². The molecule has 0 fully saturated rings. The van der Waals surface area contributed by atoms with Crippen molar-refractivity contribution in [2.24, 2.45) is 0 Å². The summed E-state index contributed by atoms with van der Waals surface area (Å²) in [5.74, 6) is -0.769. The molecule has 0 unspecified atom stereocenters. The van der Waals surface area contributed by atoms with Gasteiger partial charge in [-0.2, -0.15) is 0 Å². The monoisotopic (exact) mass is 334 g/mol. The van der Waals surface area contributed by atoms with E-state index >= 15 is 0 Å². The maximum Gasteiger partial charge on any atom is 0.195 e. The van der Waals surface area contributed by atoms with Crippen molar-refractivity contribution in [2.45, 2.75) is 26.7 Å². The fourth-order valence-electron chi connectivity index (χ4n) is 2.27. The van der Waals surface area contributed by atoms with E-state index < -0.39 is 5.82 Å². The normalized spacial score (nSPS) is 10.6. The molecule has 3 heteroatoms. The zero-order valence-electron chi connectivity index (χ0n) is 11.5. The highest BCUT2D eigenvalue weighted by Gasteiger charge is 2.15. The molecule has 0 aliphatic rings. The lowest BCUT2D eigenvalue weighted by Gasteiger charge is -2.09. The van der Waals surface area contributed by atoms with Gasteiger partial charge in [-0.3, -0.25) is 4.79 Å². The van der Waals surface area contributed by atoms with E-state index in [2.05, 4.69) is 29.8 Å². The Morgan fingerprint density at radius 2 is 1.75 bits per heavy atom. The molecule has 0 bridgehead atoms. The zero-order valence-corrected chi connectivity index (χ0v) is 13.1. The molecule has 0 aliphatic heterocycles. The van der Waals surface area contributed by atoms with Crippen LogP contribution in [0.15, 0.2) is 40.9 Å². The van der Waals surface area contributed by atoms with Crippen LogP contribution in [0, 0.1) is 5.82 Å². The van der Waals surface area contributed by atoms with Gasteiger partial charge in [0.05, 0.1) is 5.56 Å². The lowest BCUT2D eigenvalue weighted by Crippen LogP contribution is -2.06. The first kappa shape index (κ1) is 14.9. The molecule has 0 saturated heterocycles. The van der Waals surface area contributed by atoms with Crippen LogP contribution in [0.25, 0.3) is 0 Å². The fraction of sp³-hybridized carbons (Fsp3) is 0.235. The van der Waals surface area contributed by atoms with E-state index in [0.717, 1.165) is 18.4 Å². The number of halogens is 2. The van der Waals surface area contributed by atoms with E-state index in [4.69, 9.17) is 0 Å². The van der Waals surface area contributed by atoms with Crippen LogP contribution < -0.4 is 0 Å². The van der Waals surface area contributed by atoms with Crippen molar-refractivity contribution in [1.82, 2.24) is 0 Å². The molecule has 1 nitrogen and oxygen atoms in total. The molecule has 0 aromatic heterocycles. The van der Waals surface area contributed by atoms with Crippen LogP contribution in [0.2, 0.25) is 0 Å². The van der Waals surface area contributed by atoms with Crippen LogP contribution in [0.1, 0.15) is 40.9 Å². The SMILES string of the molecule is CCc1ccc(C(=O)c2ccc(Br)cc2F)cc1CC. The highest BCUT2D eigenvalue weighted by atomic mass is 79.9. The highest BCUT2D eigenvalue weighted by molar-refractivity contribution is 9.10. The van der Waals surface area contributed by atoms with Crippen molar-refractivity contribution in [3.63, 3.8) is 0 Å². The molecule has 0 spiro atoms. The van der Waals surface area contributed by atoms with Gasteiger partial charge in [-0.25, -0.2) is 4.39 Å². The Morgan fingerprint density at radius 1 is 1.05 bits per heavy atom. The largest absolute Gasteiger partial charge is 0.288 e. The van der Waals surface area contributed by atoms with Crippen LogP contribution in [-0.2, 0) is 12.8 Å². The number of hydrogen-bond acceptors (Lipinski definition) is 1. The van der Waals surface area contributed by atoms with Crippen molar-refractivity contribution in [3.8, 4) is 0 Å². The average molecular weight is 335 g/mol. The number of benzene rings is 2. The summed E-state index contributed by atoms with van der Waals surface area (Å²) in [6.07, 6.45) is 1.80. The van der Waals surface area contributed by atoms with Crippen LogP contribution in [-0.4, -0.2) is 5.78 Å². The highest BCUT2D eigenvalue weighted by Crippen LogP contribution is 2.20. The molecular weight excluding hydrogens is 319 g/mol. The first-order chi connectivity index (χ1) is 9.56. The number of rotatable bonds is 4. The van der Waals surface area contributed by atoms with Gasteiger partial charge in [-0.15, -0.1) is 0 Å². The van der Waals surface area contributed by atoms with E-state index in [1.165, 1.54) is 17.7 Å². The Hall–Kier alpha value is -1.48. The third kappa shape index (κ3) is 2.98. The van der Waals surface area contributed by atoms with E-state index in [1.54, 1.807) is 12.1 Å². The predicted molar refractivity (Wildman–Crippen MR) is 82.7 cm³/mol. The molecule has 2 rings (SSSR count). The van der Waals surface area contributed by atoms with Gasteiger partial charge in [-0.1, -0.05) is 41.9 Å². The Labute approximate surface area is 127 Å². The summed E-state index contributed by atoms with van der Waals surface area (Å²) in [5.41, 5.74) is 3.04. The second-order valence-electron chi connectivity index (χ2n) is 4.64.